The van der Waals surface area contributed by atoms with Gasteiger partial charge in [0.25, 0.3) is 0 Å². The van der Waals surface area contributed by atoms with Gasteiger partial charge >= 0.3 is 0 Å². The van der Waals surface area contributed by atoms with Gasteiger partial charge in [-0.05, 0) is 26.2 Å². The van der Waals surface area contributed by atoms with Crippen molar-refractivity contribution < 1.29 is 0 Å². The lowest BCUT2D eigenvalue weighted by atomic mass is 10.1. The Hall–Kier alpha value is -0.370. The van der Waals surface area contributed by atoms with Crippen LogP contribution in [0.4, 0.5) is 0 Å². The molecule has 0 bridgehead atoms. The van der Waals surface area contributed by atoms with Crippen molar-refractivity contribution in [2.75, 3.05) is 19.6 Å². The number of hydrogen-bond donors (Lipinski definition) is 1. The number of aromatic nitrogens is 1. The van der Waals surface area contributed by atoms with Gasteiger partial charge in [0.2, 0.25) is 0 Å². The topological polar surface area (TPSA) is 54.5 Å². The standard InChI is InChI=1S/C13H22N4S.HI/c1-10(12-15-9-11(2)18-12)8-16-13(14)17-6-4-3-5-7-17;/h9-10H,3-8H2,1-2H3,(H2,14,16);1H. The second kappa shape index (κ2) is 8.04. The lowest BCUT2D eigenvalue weighted by molar-refractivity contribution is 0.338. The van der Waals surface area contributed by atoms with Crippen molar-refractivity contribution in [3.63, 3.8) is 0 Å². The zero-order valence-electron chi connectivity index (χ0n) is 11.6. The third kappa shape index (κ3) is 4.91. The van der Waals surface area contributed by atoms with Crippen molar-refractivity contribution in [2.45, 2.75) is 39.0 Å². The smallest absolute Gasteiger partial charge is 0.191 e. The van der Waals surface area contributed by atoms with Crippen LogP contribution in [0.1, 0.15) is 42.0 Å². The van der Waals surface area contributed by atoms with Crippen molar-refractivity contribution in [3.8, 4) is 0 Å². The zero-order chi connectivity index (χ0) is 13.0. The summed E-state index contributed by atoms with van der Waals surface area (Å²) in [5, 5.41) is 1.16. The Balaban J connectivity index is 0.00000180. The van der Waals surface area contributed by atoms with Gasteiger partial charge < -0.3 is 10.6 Å². The number of likely N-dealkylation sites (tertiary alicyclic amines) is 1. The monoisotopic (exact) mass is 394 g/mol. The number of nitrogens with zero attached hydrogens (tertiary/aromatic N) is 3. The minimum Gasteiger partial charge on any atom is -0.370 e. The van der Waals surface area contributed by atoms with Crippen LogP contribution in [0.3, 0.4) is 0 Å². The summed E-state index contributed by atoms with van der Waals surface area (Å²) >= 11 is 1.75. The van der Waals surface area contributed by atoms with Crippen LogP contribution >= 0.6 is 35.3 Å². The summed E-state index contributed by atoms with van der Waals surface area (Å²) in [6.07, 6.45) is 5.71. The molecule has 1 saturated heterocycles. The number of thiazole rings is 1. The molecule has 2 rings (SSSR count). The predicted molar refractivity (Wildman–Crippen MR) is 92.6 cm³/mol. The van der Waals surface area contributed by atoms with Crippen LogP contribution in [-0.2, 0) is 0 Å². The van der Waals surface area contributed by atoms with Crippen LogP contribution in [0.5, 0.6) is 0 Å². The molecule has 1 unspecified atom stereocenters. The molecule has 1 aromatic rings. The van der Waals surface area contributed by atoms with E-state index in [-0.39, 0.29) is 24.0 Å². The van der Waals surface area contributed by atoms with Crippen LogP contribution < -0.4 is 5.73 Å². The molecule has 2 N–H and O–H groups in total. The van der Waals surface area contributed by atoms with Crippen LogP contribution in [0.25, 0.3) is 0 Å². The van der Waals surface area contributed by atoms with E-state index in [1.165, 1.54) is 24.1 Å². The minimum atomic E-state index is 0. The van der Waals surface area contributed by atoms with Crippen molar-refractivity contribution in [3.05, 3.63) is 16.1 Å². The van der Waals surface area contributed by atoms with Crippen LogP contribution in [0.15, 0.2) is 11.2 Å². The third-order valence-electron chi connectivity index (χ3n) is 3.27. The van der Waals surface area contributed by atoms with E-state index in [0.29, 0.717) is 11.9 Å². The summed E-state index contributed by atoms with van der Waals surface area (Å²) in [5.74, 6) is 1.06. The number of hydrogen-bond acceptors (Lipinski definition) is 3. The van der Waals surface area contributed by atoms with Gasteiger partial charge in [0.05, 0.1) is 11.6 Å². The Labute approximate surface area is 136 Å². The van der Waals surface area contributed by atoms with Gasteiger partial charge in [0.15, 0.2) is 5.96 Å². The molecular formula is C13H23IN4S. The van der Waals surface area contributed by atoms with Crippen LogP contribution in [-0.4, -0.2) is 35.5 Å². The van der Waals surface area contributed by atoms with Gasteiger partial charge in [-0.1, -0.05) is 6.92 Å². The molecule has 0 spiro atoms. The second-order valence-electron chi connectivity index (χ2n) is 4.96. The molecule has 6 heteroatoms. The Morgan fingerprint density at radius 2 is 2.16 bits per heavy atom. The summed E-state index contributed by atoms with van der Waals surface area (Å²) in [5.41, 5.74) is 6.04. The molecule has 2 heterocycles. The van der Waals surface area contributed by atoms with Gasteiger partial charge in [-0.15, -0.1) is 35.3 Å². The molecule has 0 aliphatic carbocycles. The number of halogens is 1. The number of aliphatic imine (C=N–C) groups is 1. The third-order valence-corrected chi connectivity index (χ3v) is 4.41. The van der Waals surface area contributed by atoms with Crippen molar-refractivity contribution in [2.24, 2.45) is 10.7 Å². The molecule has 0 radical (unpaired) electrons. The molecule has 0 saturated carbocycles. The normalized spacial score (nSPS) is 18.0. The van der Waals surface area contributed by atoms with Crippen molar-refractivity contribution in [1.29, 1.82) is 0 Å². The summed E-state index contributed by atoms with van der Waals surface area (Å²) < 4.78 is 0. The van der Waals surface area contributed by atoms with Gasteiger partial charge in [-0.2, -0.15) is 0 Å². The molecule has 0 aromatic carbocycles. The number of guanidine groups is 1. The van der Waals surface area contributed by atoms with Crippen molar-refractivity contribution >= 4 is 41.3 Å². The van der Waals surface area contributed by atoms with Crippen LogP contribution in [0, 0.1) is 6.92 Å². The van der Waals surface area contributed by atoms with Crippen LogP contribution in [0.2, 0.25) is 0 Å². The average molecular weight is 394 g/mol. The summed E-state index contributed by atoms with van der Waals surface area (Å²) in [6.45, 7) is 7.08. The molecule has 1 fully saturated rings. The van der Waals surface area contributed by atoms with E-state index < -0.39 is 0 Å². The highest BCUT2D eigenvalue weighted by Crippen LogP contribution is 2.21. The molecule has 1 aliphatic heterocycles. The first kappa shape index (κ1) is 16.7. The van der Waals surface area contributed by atoms with E-state index in [4.69, 9.17) is 5.73 Å². The van der Waals surface area contributed by atoms with Gasteiger partial charge in [0, 0.05) is 30.1 Å². The number of rotatable bonds is 3. The number of aryl methyl sites for hydroxylation is 1. The largest absolute Gasteiger partial charge is 0.370 e. The summed E-state index contributed by atoms with van der Waals surface area (Å²) in [4.78, 5) is 12.4. The fourth-order valence-electron chi connectivity index (χ4n) is 2.13. The highest BCUT2D eigenvalue weighted by molar-refractivity contribution is 14.0. The fraction of sp³-hybridized carbons (Fsp3) is 0.692. The maximum atomic E-state index is 6.04. The molecule has 1 aliphatic rings. The first-order valence-electron chi connectivity index (χ1n) is 6.64. The van der Waals surface area contributed by atoms with E-state index in [2.05, 4.69) is 28.7 Å². The lowest BCUT2D eigenvalue weighted by Crippen LogP contribution is -2.41. The maximum Gasteiger partial charge on any atom is 0.191 e. The number of nitrogens with two attached hydrogens (primary N) is 1. The minimum absolute atomic E-state index is 0. The highest BCUT2D eigenvalue weighted by atomic mass is 127. The quantitative estimate of drug-likeness (QED) is 0.487. The molecule has 1 atom stereocenters. The Kier molecular flexibility index (Phi) is 7.06. The molecule has 4 nitrogen and oxygen atoms in total. The number of piperidine rings is 1. The van der Waals surface area contributed by atoms with Gasteiger partial charge in [-0.3, -0.25) is 4.99 Å². The molecule has 108 valence electrons. The molecule has 19 heavy (non-hydrogen) atoms. The Bertz CT molecular complexity index is 413. The maximum absolute atomic E-state index is 6.04. The summed E-state index contributed by atoms with van der Waals surface area (Å²) in [6, 6.07) is 0. The SMILES string of the molecule is Cc1cnc(C(C)CN=C(N)N2CCCCC2)s1.I. The molecular weight excluding hydrogens is 371 g/mol. The van der Waals surface area contributed by atoms with Gasteiger partial charge in [-0.25, -0.2) is 4.98 Å². The average Bonchev–Trinajstić information content (AvgIpc) is 2.83. The summed E-state index contributed by atoms with van der Waals surface area (Å²) in [7, 11) is 0. The van der Waals surface area contributed by atoms with Gasteiger partial charge in [0.1, 0.15) is 0 Å². The first-order chi connectivity index (χ1) is 8.66. The van der Waals surface area contributed by atoms with Crippen molar-refractivity contribution in [1.82, 2.24) is 9.88 Å². The Morgan fingerprint density at radius 3 is 2.74 bits per heavy atom. The first-order valence-corrected chi connectivity index (χ1v) is 7.45. The van der Waals surface area contributed by atoms with E-state index in [0.717, 1.165) is 24.6 Å². The lowest BCUT2D eigenvalue weighted by Gasteiger charge is -2.27. The van der Waals surface area contributed by atoms with E-state index >= 15 is 0 Å². The Morgan fingerprint density at radius 1 is 1.47 bits per heavy atom. The molecule has 0 amide bonds. The zero-order valence-corrected chi connectivity index (χ0v) is 14.8. The van der Waals surface area contributed by atoms with E-state index in [1.807, 2.05) is 6.20 Å². The predicted octanol–water partition coefficient (Wildman–Crippen LogP) is 2.97. The van der Waals surface area contributed by atoms with E-state index in [1.54, 1.807) is 11.3 Å². The second-order valence-corrected chi connectivity index (χ2v) is 6.22. The van der Waals surface area contributed by atoms with E-state index in [9.17, 15) is 0 Å². The highest BCUT2D eigenvalue weighted by Gasteiger charge is 2.13. The fourth-order valence-corrected chi connectivity index (χ4v) is 2.95. The molecule has 1 aromatic heterocycles.